The summed E-state index contributed by atoms with van der Waals surface area (Å²) in [5.41, 5.74) is 0. The van der Waals surface area contributed by atoms with Gasteiger partial charge in [0.15, 0.2) is 0 Å². The minimum atomic E-state index is -0.594. The molecule has 7 nitrogen and oxygen atoms in total. The van der Waals surface area contributed by atoms with Gasteiger partial charge >= 0.3 is 5.88 Å². The first-order chi connectivity index (χ1) is 8.45. The number of nitro groups is 1. The Morgan fingerprint density at radius 3 is 2.78 bits per heavy atom. The van der Waals surface area contributed by atoms with Crippen LogP contribution in [0.1, 0.15) is 19.6 Å². The van der Waals surface area contributed by atoms with E-state index in [2.05, 4.69) is 5.32 Å². The van der Waals surface area contributed by atoms with Crippen LogP contribution in [0.2, 0.25) is 0 Å². The van der Waals surface area contributed by atoms with Gasteiger partial charge in [0.25, 0.3) is 0 Å². The molecule has 0 fully saturated rings. The van der Waals surface area contributed by atoms with Gasteiger partial charge in [-0.1, -0.05) is 0 Å². The number of amides is 1. The van der Waals surface area contributed by atoms with Crippen molar-refractivity contribution in [3.05, 3.63) is 28.0 Å². The lowest BCUT2D eigenvalue weighted by molar-refractivity contribution is -0.402. The van der Waals surface area contributed by atoms with Crippen molar-refractivity contribution in [2.75, 3.05) is 13.6 Å². The van der Waals surface area contributed by atoms with Crippen molar-refractivity contribution < 1.29 is 14.1 Å². The maximum atomic E-state index is 11.7. The lowest BCUT2D eigenvalue weighted by Crippen LogP contribution is -2.42. The SMILES string of the molecule is CCN(C)C(=O)C(C)NCc1ccc([N+](=O)[O-])o1. The third kappa shape index (κ3) is 3.56. The van der Waals surface area contributed by atoms with Gasteiger partial charge in [-0.15, -0.1) is 0 Å². The Hall–Kier alpha value is -1.89. The second-order valence-corrected chi connectivity index (χ2v) is 3.95. The first-order valence-electron chi connectivity index (χ1n) is 5.67. The highest BCUT2D eigenvalue weighted by Gasteiger charge is 2.17. The summed E-state index contributed by atoms with van der Waals surface area (Å²) < 4.78 is 4.98. The smallest absolute Gasteiger partial charge is 0.404 e. The average molecular weight is 255 g/mol. The van der Waals surface area contributed by atoms with E-state index in [4.69, 9.17) is 4.42 Å². The van der Waals surface area contributed by atoms with Crippen LogP contribution in [0, 0.1) is 10.1 Å². The van der Waals surface area contributed by atoms with Crippen molar-refractivity contribution >= 4 is 11.8 Å². The molecular formula is C11H17N3O4. The van der Waals surface area contributed by atoms with Crippen molar-refractivity contribution in [2.45, 2.75) is 26.4 Å². The molecule has 1 rings (SSSR count). The number of hydrogen-bond donors (Lipinski definition) is 1. The Labute approximate surface area is 105 Å². The van der Waals surface area contributed by atoms with Gasteiger partial charge < -0.3 is 9.32 Å². The monoisotopic (exact) mass is 255 g/mol. The van der Waals surface area contributed by atoms with Crippen LogP contribution < -0.4 is 5.32 Å². The number of nitrogens with one attached hydrogen (secondary N) is 1. The van der Waals surface area contributed by atoms with Crippen LogP contribution in [0.3, 0.4) is 0 Å². The van der Waals surface area contributed by atoms with E-state index in [1.54, 1.807) is 18.9 Å². The molecule has 0 saturated carbocycles. The van der Waals surface area contributed by atoms with Crippen LogP contribution in [0.4, 0.5) is 5.88 Å². The summed E-state index contributed by atoms with van der Waals surface area (Å²) in [5, 5.41) is 13.4. The Kier molecular flexibility index (Phi) is 4.85. The van der Waals surface area contributed by atoms with Crippen LogP contribution in [-0.4, -0.2) is 35.4 Å². The zero-order valence-corrected chi connectivity index (χ0v) is 10.7. The number of carbonyl (C=O) groups is 1. The van der Waals surface area contributed by atoms with Gasteiger partial charge in [-0.05, 0) is 19.9 Å². The highest BCUT2D eigenvalue weighted by Crippen LogP contribution is 2.15. The maximum Gasteiger partial charge on any atom is 0.433 e. The Bertz CT molecular complexity index is 430. The van der Waals surface area contributed by atoms with Crippen molar-refractivity contribution in [3.63, 3.8) is 0 Å². The van der Waals surface area contributed by atoms with Crippen LogP contribution in [0.15, 0.2) is 16.5 Å². The molecule has 100 valence electrons. The molecule has 1 unspecified atom stereocenters. The third-order valence-corrected chi connectivity index (χ3v) is 2.63. The summed E-state index contributed by atoms with van der Waals surface area (Å²) in [7, 11) is 1.72. The molecule has 1 aromatic heterocycles. The molecule has 1 N–H and O–H groups in total. The number of rotatable bonds is 6. The summed E-state index contributed by atoms with van der Waals surface area (Å²) in [6.07, 6.45) is 0. The predicted molar refractivity (Wildman–Crippen MR) is 65.0 cm³/mol. The van der Waals surface area contributed by atoms with Crippen LogP contribution in [0.25, 0.3) is 0 Å². The minimum Gasteiger partial charge on any atom is -0.404 e. The highest BCUT2D eigenvalue weighted by molar-refractivity contribution is 5.81. The molecule has 7 heteroatoms. The molecule has 0 bridgehead atoms. The van der Waals surface area contributed by atoms with E-state index in [9.17, 15) is 14.9 Å². The molecular weight excluding hydrogens is 238 g/mol. The van der Waals surface area contributed by atoms with E-state index in [1.165, 1.54) is 12.1 Å². The molecule has 1 atom stereocenters. The molecule has 0 radical (unpaired) electrons. The van der Waals surface area contributed by atoms with Crippen LogP contribution in [0.5, 0.6) is 0 Å². The Morgan fingerprint density at radius 2 is 2.28 bits per heavy atom. The third-order valence-electron chi connectivity index (χ3n) is 2.63. The molecule has 0 aliphatic rings. The summed E-state index contributed by atoms with van der Waals surface area (Å²) in [6, 6.07) is 2.45. The van der Waals surface area contributed by atoms with E-state index >= 15 is 0 Å². The van der Waals surface area contributed by atoms with Gasteiger partial charge in [0.1, 0.15) is 10.7 Å². The average Bonchev–Trinajstić information content (AvgIpc) is 2.82. The Balaban J connectivity index is 2.49. The van der Waals surface area contributed by atoms with Gasteiger partial charge in [-0.2, -0.15) is 0 Å². The lowest BCUT2D eigenvalue weighted by Gasteiger charge is -2.20. The fourth-order valence-electron chi connectivity index (χ4n) is 1.39. The zero-order valence-electron chi connectivity index (χ0n) is 10.7. The van der Waals surface area contributed by atoms with Gasteiger partial charge in [-0.25, -0.2) is 0 Å². The molecule has 0 spiro atoms. The van der Waals surface area contributed by atoms with Crippen LogP contribution >= 0.6 is 0 Å². The minimum absolute atomic E-state index is 0.0291. The van der Waals surface area contributed by atoms with E-state index in [0.29, 0.717) is 12.3 Å². The van der Waals surface area contributed by atoms with Gasteiger partial charge in [0, 0.05) is 13.6 Å². The van der Waals surface area contributed by atoms with E-state index in [-0.39, 0.29) is 24.4 Å². The number of nitrogens with zero attached hydrogens (tertiary/aromatic N) is 2. The van der Waals surface area contributed by atoms with Gasteiger partial charge in [-0.3, -0.25) is 20.2 Å². The Morgan fingerprint density at radius 1 is 1.61 bits per heavy atom. The number of furan rings is 1. The van der Waals surface area contributed by atoms with E-state index in [0.717, 1.165) is 0 Å². The fourth-order valence-corrected chi connectivity index (χ4v) is 1.39. The first-order valence-corrected chi connectivity index (χ1v) is 5.67. The van der Waals surface area contributed by atoms with E-state index < -0.39 is 4.92 Å². The van der Waals surface area contributed by atoms with Crippen molar-refractivity contribution in [1.29, 1.82) is 0 Å². The lowest BCUT2D eigenvalue weighted by atomic mass is 10.3. The maximum absolute atomic E-state index is 11.7. The van der Waals surface area contributed by atoms with Crippen LogP contribution in [-0.2, 0) is 11.3 Å². The summed E-state index contributed by atoms with van der Waals surface area (Å²) in [5.74, 6) is 0.107. The number of likely N-dealkylation sites (N-methyl/N-ethyl adjacent to an activating group) is 1. The second-order valence-electron chi connectivity index (χ2n) is 3.95. The van der Waals surface area contributed by atoms with Crippen molar-refractivity contribution in [2.24, 2.45) is 0 Å². The molecule has 1 heterocycles. The predicted octanol–water partition coefficient (Wildman–Crippen LogP) is 1.14. The summed E-state index contributed by atoms with van der Waals surface area (Å²) in [4.78, 5) is 23.2. The number of carbonyl (C=O) groups excluding carboxylic acids is 1. The quantitative estimate of drug-likeness (QED) is 0.608. The molecule has 0 saturated heterocycles. The normalized spacial score (nSPS) is 12.2. The fraction of sp³-hybridized carbons (Fsp3) is 0.545. The molecule has 0 aliphatic carbocycles. The second kappa shape index (κ2) is 6.15. The van der Waals surface area contributed by atoms with Crippen molar-refractivity contribution in [3.8, 4) is 0 Å². The topological polar surface area (TPSA) is 88.6 Å². The van der Waals surface area contributed by atoms with Crippen molar-refractivity contribution in [1.82, 2.24) is 10.2 Å². The highest BCUT2D eigenvalue weighted by atomic mass is 16.6. The molecule has 0 aliphatic heterocycles. The largest absolute Gasteiger partial charge is 0.433 e. The molecule has 18 heavy (non-hydrogen) atoms. The summed E-state index contributed by atoms with van der Waals surface area (Å²) >= 11 is 0. The number of hydrogen-bond acceptors (Lipinski definition) is 5. The zero-order chi connectivity index (χ0) is 13.7. The van der Waals surface area contributed by atoms with E-state index in [1.807, 2.05) is 6.92 Å². The summed E-state index contributed by atoms with van der Waals surface area (Å²) in [6.45, 7) is 4.54. The molecule has 1 amide bonds. The standard InChI is InChI=1S/C11H17N3O4/c1-4-13(3)11(15)8(2)12-7-9-5-6-10(18-9)14(16)17/h5-6,8,12H,4,7H2,1-3H3. The first kappa shape index (κ1) is 14.2. The molecule has 1 aromatic rings. The van der Waals surface area contributed by atoms with Gasteiger partial charge in [0.05, 0.1) is 18.7 Å². The van der Waals surface area contributed by atoms with Gasteiger partial charge in [0.2, 0.25) is 5.91 Å². The molecule has 0 aromatic carbocycles.